The molecule has 2 rings (SSSR count). The SMILES string of the molecule is Cc1cc(C)c(O)c(-c2cc(C)cc(OS)c2O)c1. The highest BCUT2D eigenvalue weighted by Gasteiger charge is 2.16. The van der Waals surface area contributed by atoms with Gasteiger partial charge in [0.2, 0.25) is 0 Å². The minimum Gasteiger partial charge on any atom is -0.507 e. The second kappa shape index (κ2) is 5.05. The second-order valence-electron chi connectivity index (χ2n) is 4.73. The van der Waals surface area contributed by atoms with Crippen LogP contribution in [0.15, 0.2) is 24.3 Å². The lowest BCUT2D eigenvalue weighted by Crippen LogP contribution is -1.89. The van der Waals surface area contributed by atoms with Gasteiger partial charge in [0, 0.05) is 24.0 Å². The van der Waals surface area contributed by atoms with Gasteiger partial charge in [-0.05, 0) is 55.7 Å². The molecule has 0 atom stereocenters. The molecule has 0 unspecified atom stereocenters. The minimum absolute atomic E-state index is 0.0269. The van der Waals surface area contributed by atoms with Crippen molar-refractivity contribution < 1.29 is 14.4 Å². The van der Waals surface area contributed by atoms with Crippen molar-refractivity contribution in [3.8, 4) is 28.4 Å². The van der Waals surface area contributed by atoms with Gasteiger partial charge >= 0.3 is 0 Å². The van der Waals surface area contributed by atoms with E-state index in [0.29, 0.717) is 11.1 Å². The molecule has 2 aromatic rings. The van der Waals surface area contributed by atoms with Gasteiger partial charge in [0.05, 0.1) is 0 Å². The van der Waals surface area contributed by atoms with Crippen molar-refractivity contribution in [1.82, 2.24) is 0 Å². The summed E-state index contributed by atoms with van der Waals surface area (Å²) in [6.07, 6.45) is 0. The summed E-state index contributed by atoms with van der Waals surface area (Å²) in [5.74, 6) is 0.411. The molecule has 0 amide bonds. The van der Waals surface area contributed by atoms with E-state index in [1.54, 1.807) is 12.1 Å². The average molecular weight is 276 g/mol. The Morgan fingerprint density at radius 2 is 1.37 bits per heavy atom. The van der Waals surface area contributed by atoms with Crippen LogP contribution in [0.4, 0.5) is 0 Å². The number of thiol groups is 1. The molecule has 3 nitrogen and oxygen atoms in total. The molecule has 0 saturated carbocycles. The fourth-order valence-electron chi connectivity index (χ4n) is 2.19. The van der Waals surface area contributed by atoms with Crippen LogP contribution >= 0.6 is 12.9 Å². The van der Waals surface area contributed by atoms with E-state index >= 15 is 0 Å². The highest BCUT2D eigenvalue weighted by atomic mass is 32.1. The molecule has 0 aromatic heterocycles. The van der Waals surface area contributed by atoms with E-state index in [4.69, 9.17) is 4.18 Å². The van der Waals surface area contributed by atoms with E-state index in [-0.39, 0.29) is 17.2 Å². The van der Waals surface area contributed by atoms with Gasteiger partial charge in [0.25, 0.3) is 0 Å². The lowest BCUT2D eigenvalue weighted by Gasteiger charge is -2.13. The van der Waals surface area contributed by atoms with Gasteiger partial charge in [-0.1, -0.05) is 6.07 Å². The summed E-state index contributed by atoms with van der Waals surface area (Å²) in [7, 11) is 0. The molecule has 4 heteroatoms. The Bertz CT molecular complexity index is 636. The highest BCUT2D eigenvalue weighted by Crippen LogP contribution is 2.43. The summed E-state index contributed by atoms with van der Waals surface area (Å²) in [5, 5.41) is 20.4. The van der Waals surface area contributed by atoms with Crippen LogP contribution in [0.3, 0.4) is 0 Å². The number of hydrogen-bond donors (Lipinski definition) is 3. The molecule has 0 fully saturated rings. The zero-order chi connectivity index (χ0) is 14.2. The van der Waals surface area contributed by atoms with E-state index in [2.05, 4.69) is 12.9 Å². The number of benzene rings is 2. The fourth-order valence-corrected chi connectivity index (χ4v) is 2.32. The van der Waals surface area contributed by atoms with Crippen molar-refractivity contribution in [2.45, 2.75) is 20.8 Å². The van der Waals surface area contributed by atoms with Crippen LogP contribution < -0.4 is 4.18 Å². The Balaban J connectivity index is 2.75. The molecule has 0 saturated heterocycles. The maximum atomic E-state index is 10.2. The normalized spacial score (nSPS) is 10.5. The number of aromatic hydroxyl groups is 2. The zero-order valence-electron chi connectivity index (χ0n) is 11.1. The molecule has 0 aliphatic heterocycles. The standard InChI is InChI=1S/C15H16O3S/c1-8-4-10(3)14(16)11(5-8)12-6-9(2)7-13(18-19)15(12)17/h4-7,16-17,19H,1-3H3. The van der Waals surface area contributed by atoms with Gasteiger partial charge in [0.1, 0.15) is 5.75 Å². The molecule has 0 spiro atoms. The second-order valence-corrected chi connectivity index (χ2v) is 4.91. The summed E-state index contributed by atoms with van der Waals surface area (Å²) in [6.45, 7) is 5.66. The van der Waals surface area contributed by atoms with Crippen molar-refractivity contribution >= 4 is 12.9 Å². The first-order valence-electron chi connectivity index (χ1n) is 5.89. The van der Waals surface area contributed by atoms with Crippen molar-refractivity contribution in [2.75, 3.05) is 0 Å². The molecule has 19 heavy (non-hydrogen) atoms. The van der Waals surface area contributed by atoms with Crippen molar-refractivity contribution in [3.63, 3.8) is 0 Å². The predicted molar refractivity (Wildman–Crippen MR) is 79.0 cm³/mol. The average Bonchev–Trinajstić information content (AvgIpc) is 2.36. The summed E-state index contributed by atoms with van der Waals surface area (Å²) >= 11 is 3.73. The van der Waals surface area contributed by atoms with Crippen LogP contribution in [0.25, 0.3) is 11.1 Å². The first-order valence-corrected chi connectivity index (χ1v) is 6.26. The number of hydrogen-bond acceptors (Lipinski definition) is 4. The lowest BCUT2D eigenvalue weighted by molar-refractivity contribution is 0.450. The van der Waals surface area contributed by atoms with Crippen LogP contribution in [0, 0.1) is 20.8 Å². The smallest absolute Gasteiger partial charge is 0.179 e. The van der Waals surface area contributed by atoms with Gasteiger partial charge in [0.15, 0.2) is 11.5 Å². The first-order chi connectivity index (χ1) is 8.93. The third-order valence-corrected chi connectivity index (χ3v) is 3.25. The molecule has 0 bridgehead atoms. The molecule has 0 heterocycles. The van der Waals surface area contributed by atoms with E-state index in [1.807, 2.05) is 32.9 Å². The van der Waals surface area contributed by atoms with Crippen LogP contribution in [-0.2, 0) is 0 Å². The molecule has 100 valence electrons. The summed E-state index contributed by atoms with van der Waals surface area (Å²) in [6, 6.07) is 7.21. The molecular formula is C15H16O3S. The molecular weight excluding hydrogens is 260 g/mol. The first kappa shape index (κ1) is 13.6. The van der Waals surface area contributed by atoms with E-state index in [9.17, 15) is 10.2 Å². The van der Waals surface area contributed by atoms with E-state index in [0.717, 1.165) is 16.7 Å². The highest BCUT2D eigenvalue weighted by molar-refractivity contribution is 7.75. The van der Waals surface area contributed by atoms with Crippen molar-refractivity contribution in [2.24, 2.45) is 0 Å². The van der Waals surface area contributed by atoms with Gasteiger partial charge < -0.3 is 14.4 Å². The topological polar surface area (TPSA) is 49.7 Å². The van der Waals surface area contributed by atoms with Gasteiger partial charge in [-0.2, -0.15) is 0 Å². The van der Waals surface area contributed by atoms with Crippen LogP contribution in [-0.4, -0.2) is 10.2 Å². The Kier molecular flexibility index (Phi) is 3.62. The van der Waals surface area contributed by atoms with E-state index in [1.165, 1.54) is 0 Å². The minimum atomic E-state index is -0.0269. The Labute approximate surface area is 118 Å². The van der Waals surface area contributed by atoms with Gasteiger partial charge in [-0.25, -0.2) is 0 Å². The van der Waals surface area contributed by atoms with Gasteiger partial charge in [-0.15, -0.1) is 0 Å². The predicted octanol–water partition coefficient (Wildman–Crippen LogP) is 3.91. The maximum Gasteiger partial charge on any atom is 0.179 e. The molecule has 2 N–H and O–H groups in total. The Hall–Kier alpha value is -1.81. The quantitative estimate of drug-likeness (QED) is 0.575. The molecule has 2 aromatic carbocycles. The van der Waals surface area contributed by atoms with E-state index < -0.39 is 0 Å². The third-order valence-electron chi connectivity index (χ3n) is 3.05. The largest absolute Gasteiger partial charge is 0.507 e. The summed E-state index contributed by atoms with van der Waals surface area (Å²) < 4.78 is 4.85. The van der Waals surface area contributed by atoms with Crippen LogP contribution in [0.5, 0.6) is 17.2 Å². The Morgan fingerprint density at radius 3 is 1.95 bits per heavy atom. The fraction of sp³-hybridized carbons (Fsp3) is 0.200. The zero-order valence-corrected chi connectivity index (χ0v) is 12.0. The summed E-state index contributed by atoms with van der Waals surface area (Å²) in [5.41, 5.74) is 3.82. The molecule has 0 aliphatic rings. The van der Waals surface area contributed by atoms with Crippen LogP contribution in [0.1, 0.15) is 16.7 Å². The van der Waals surface area contributed by atoms with Crippen molar-refractivity contribution in [1.29, 1.82) is 0 Å². The summed E-state index contributed by atoms with van der Waals surface area (Å²) in [4.78, 5) is 0. The third kappa shape index (κ3) is 2.49. The Morgan fingerprint density at radius 1 is 0.842 bits per heavy atom. The molecule has 0 radical (unpaired) electrons. The monoisotopic (exact) mass is 276 g/mol. The maximum absolute atomic E-state index is 10.2. The number of rotatable bonds is 2. The van der Waals surface area contributed by atoms with Crippen LogP contribution in [0.2, 0.25) is 0 Å². The lowest BCUT2D eigenvalue weighted by atomic mass is 9.97. The number of aryl methyl sites for hydroxylation is 3. The number of phenolic OH excluding ortho intramolecular Hbond substituents is 2. The van der Waals surface area contributed by atoms with Crippen molar-refractivity contribution in [3.05, 3.63) is 41.0 Å². The molecule has 0 aliphatic carbocycles. The van der Waals surface area contributed by atoms with Gasteiger partial charge in [-0.3, -0.25) is 0 Å². The number of phenols is 2.